The van der Waals surface area contributed by atoms with Gasteiger partial charge in [-0.2, -0.15) is 13.2 Å². The Balaban J connectivity index is 2.18. The number of hydrogen-bond donors (Lipinski definition) is 2. The first-order valence-electron chi connectivity index (χ1n) is 6.01. The van der Waals surface area contributed by atoms with Gasteiger partial charge in [-0.05, 0) is 25.7 Å². The molecule has 1 amide bonds. The van der Waals surface area contributed by atoms with E-state index in [2.05, 4.69) is 0 Å². The molecule has 1 heterocycles. The number of amides is 1. The predicted octanol–water partition coefficient (Wildman–Crippen LogP) is 0.733. The Labute approximate surface area is 107 Å². The Morgan fingerprint density at radius 3 is 2.11 bits per heavy atom. The summed E-state index contributed by atoms with van der Waals surface area (Å²) >= 11 is 0. The number of hydrogen-bond acceptors (Lipinski definition) is 3. The minimum Gasteiger partial charge on any atom is -0.481 e. The molecule has 108 valence electrons. The predicted molar refractivity (Wildman–Crippen MR) is 58.1 cm³/mol. The number of halogens is 3. The van der Waals surface area contributed by atoms with E-state index < -0.39 is 42.0 Å². The average Bonchev–Trinajstić information content (AvgIpc) is 2.70. The summed E-state index contributed by atoms with van der Waals surface area (Å²) in [7, 11) is 0. The Kier molecular flexibility index (Phi) is 3.04. The van der Waals surface area contributed by atoms with Crippen molar-refractivity contribution >= 4 is 11.9 Å². The zero-order valence-electron chi connectivity index (χ0n) is 10.2. The highest BCUT2D eigenvalue weighted by molar-refractivity contribution is 5.88. The second kappa shape index (κ2) is 4.09. The van der Waals surface area contributed by atoms with Crippen molar-refractivity contribution < 1.29 is 27.9 Å². The molecule has 2 rings (SSSR count). The number of nitrogens with zero attached hydrogens (tertiary/aromatic N) is 1. The number of likely N-dealkylation sites (tertiary alicyclic amines) is 1. The fourth-order valence-corrected chi connectivity index (χ4v) is 2.60. The van der Waals surface area contributed by atoms with Gasteiger partial charge in [0.1, 0.15) is 0 Å². The number of carboxylic acid groups (broad SMARTS) is 1. The van der Waals surface area contributed by atoms with Gasteiger partial charge in [-0.25, -0.2) is 0 Å². The summed E-state index contributed by atoms with van der Waals surface area (Å²) in [6.45, 7) is -1.06. The molecular weight excluding hydrogens is 265 g/mol. The van der Waals surface area contributed by atoms with Gasteiger partial charge in [-0.1, -0.05) is 0 Å². The summed E-state index contributed by atoms with van der Waals surface area (Å²) in [5, 5.41) is 8.88. The van der Waals surface area contributed by atoms with Crippen LogP contribution in [0.1, 0.15) is 25.7 Å². The molecule has 8 heteroatoms. The van der Waals surface area contributed by atoms with E-state index in [4.69, 9.17) is 10.8 Å². The normalized spacial score (nSPS) is 30.0. The Bertz CT molecular complexity index is 420. The molecule has 0 aromatic carbocycles. The molecule has 3 N–H and O–H groups in total. The number of carbonyl (C=O) groups excluding carboxylic acids is 1. The molecule has 2 aliphatic rings. The van der Waals surface area contributed by atoms with Gasteiger partial charge in [0.25, 0.3) is 0 Å². The summed E-state index contributed by atoms with van der Waals surface area (Å²) in [4.78, 5) is 24.0. The first-order chi connectivity index (χ1) is 8.62. The second-order valence-corrected chi connectivity index (χ2v) is 5.37. The van der Waals surface area contributed by atoms with E-state index in [9.17, 15) is 22.8 Å². The van der Waals surface area contributed by atoms with Gasteiger partial charge in [0.2, 0.25) is 5.91 Å². The molecule has 1 unspecified atom stereocenters. The topological polar surface area (TPSA) is 83.6 Å². The fraction of sp³-hybridized carbons (Fsp3) is 0.818. The van der Waals surface area contributed by atoms with Crippen LogP contribution in [0.3, 0.4) is 0 Å². The molecule has 0 bridgehead atoms. The minimum absolute atomic E-state index is 0.219. The van der Waals surface area contributed by atoms with E-state index in [0.717, 1.165) is 11.3 Å². The zero-order valence-corrected chi connectivity index (χ0v) is 10.2. The molecule has 1 aliphatic heterocycles. The fourth-order valence-electron chi connectivity index (χ4n) is 2.60. The SMILES string of the molecule is NC1(C(=O)N2CCC(C(=O)O)(C(F)(F)F)C2)CCC1. The molecule has 2 fully saturated rings. The van der Waals surface area contributed by atoms with E-state index in [0.29, 0.717) is 12.8 Å². The molecule has 5 nitrogen and oxygen atoms in total. The molecule has 0 aromatic heterocycles. The lowest BCUT2D eigenvalue weighted by Crippen LogP contribution is -2.60. The minimum atomic E-state index is -4.88. The lowest BCUT2D eigenvalue weighted by atomic mass is 9.76. The smallest absolute Gasteiger partial charge is 0.406 e. The Morgan fingerprint density at radius 2 is 1.79 bits per heavy atom. The summed E-state index contributed by atoms with van der Waals surface area (Å²) in [6.07, 6.45) is -3.86. The van der Waals surface area contributed by atoms with Crippen LogP contribution in [-0.2, 0) is 9.59 Å². The third-order valence-electron chi connectivity index (χ3n) is 4.18. The van der Waals surface area contributed by atoms with Crippen molar-refractivity contribution in [3.05, 3.63) is 0 Å². The van der Waals surface area contributed by atoms with Gasteiger partial charge >= 0.3 is 12.1 Å². The number of carboxylic acids is 1. The highest BCUT2D eigenvalue weighted by Crippen LogP contribution is 2.46. The molecule has 19 heavy (non-hydrogen) atoms. The maximum atomic E-state index is 12.9. The van der Waals surface area contributed by atoms with Gasteiger partial charge in [-0.3, -0.25) is 9.59 Å². The summed E-state index contributed by atoms with van der Waals surface area (Å²) in [5.74, 6) is -2.50. The van der Waals surface area contributed by atoms with Crippen molar-refractivity contribution in [3.63, 3.8) is 0 Å². The van der Waals surface area contributed by atoms with Crippen LogP contribution in [0.15, 0.2) is 0 Å². The molecule has 1 saturated heterocycles. The first kappa shape index (κ1) is 14.1. The van der Waals surface area contributed by atoms with Crippen LogP contribution in [0.5, 0.6) is 0 Å². The molecule has 0 aromatic rings. The molecule has 1 saturated carbocycles. The number of alkyl halides is 3. The number of carbonyl (C=O) groups is 2. The number of aliphatic carboxylic acids is 1. The molecule has 1 atom stereocenters. The van der Waals surface area contributed by atoms with Crippen molar-refractivity contribution in [3.8, 4) is 0 Å². The standard InChI is InChI=1S/C11H15F3N2O3/c12-11(13,14)9(8(18)19)4-5-16(6-9)7(17)10(15)2-1-3-10/h1-6,15H2,(H,18,19). The molecule has 0 spiro atoms. The lowest BCUT2D eigenvalue weighted by molar-refractivity contribution is -0.227. The summed E-state index contributed by atoms with van der Waals surface area (Å²) in [5.41, 5.74) is 1.82. The van der Waals surface area contributed by atoms with Crippen LogP contribution in [-0.4, -0.2) is 46.7 Å². The summed E-state index contributed by atoms with van der Waals surface area (Å²) < 4.78 is 38.8. The lowest BCUT2D eigenvalue weighted by Gasteiger charge is -2.39. The number of rotatable bonds is 2. The van der Waals surface area contributed by atoms with Crippen LogP contribution in [0, 0.1) is 5.41 Å². The second-order valence-electron chi connectivity index (χ2n) is 5.37. The maximum absolute atomic E-state index is 12.9. The zero-order chi connectivity index (χ0) is 14.5. The first-order valence-corrected chi connectivity index (χ1v) is 6.01. The van der Waals surface area contributed by atoms with Gasteiger partial charge in [0.15, 0.2) is 5.41 Å². The monoisotopic (exact) mass is 280 g/mol. The summed E-state index contributed by atoms with van der Waals surface area (Å²) in [6, 6.07) is 0. The molecular formula is C11H15F3N2O3. The van der Waals surface area contributed by atoms with Gasteiger partial charge in [-0.15, -0.1) is 0 Å². The van der Waals surface area contributed by atoms with Crippen molar-refractivity contribution in [2.24, 2.45) is 11.1 Å². The highest BCUT2D eigenvalue weighted by Gasteiger charge is 2.65. The maximum Gasteiger partial charge on any atom is 0.406 e. The third-order valence-corrected chi connectivity index (χ3v) is 4.18. The van der Waals surface area contributed by atoms with Crippen molar-refractivity contribution in [1.29, 1.82) is 0 Å². The van der Waals surface area contributed by atoms with E-state index in [1.807, 2.05) is 0 Å². The quantitative estimate of drug-likeness (QED) is 0.781. The van der Waals surface area contributed by atoms with Crippen LogP contribution in [0.2, 0.25) is 0 Å². The van der Waals surface area contributed by atoms with Crippen molar-refractivity contribution in [2.75, 3.05) is 13.1 Å². The van der Waals surface area contributed by atoms with Crippen LogP contribution < -0.4 is 5.73 Å². The van der Waals surface area contributed by atoms with Gasteiger partial charge in [0.05, 0.1) is 5.54 Å². The molecule has 1 aliphatic carbocycles. The Hall–Kier alpha value is -1.31. The third kappa shape index (κ3) is 1.98. The van der Waals surface area contributed by atoms with Crippen molar-refractivity contribution in [1.82, 2.24) is 4.90 Å². The van der Waals surface area contributed by atoms with E-state index in [1.165, 1.54) is 0 Å². The Morgan fingerprint density at radius 1 is 1.21 bits per heavy atom. The van der Waals surface area contributed by atoms with Crippen LogP contribution in [0.4, 0.5) is 13.2 Å². The van der Waals surface area contributed by atoms with Gasteiger partial charge < -0.3 is 15.7 Å². The van der Waals surface area contributed by atoms with Crippen LogP contribution in [0.25, 0.3) is 0 Å². The number of nitrogens with two attached hydrogens (primary N) is 1. The largest absolute Gasteiger partial charge is 0.481 e. The van der Waals surface area contributed by atoms with E-state index in [1.54, 1.807) is 0 Å². The average molecular weight is 280 g/mol. The van der Waals surface area contributed by atoms with Crippen molar-refractivity contribution in [2.45, 2.75) is 37.4 Å². The highest BCUT2D eigenvalue weighted by atomic mass is 19.4. The van der Waals surface area contributed by atoms with Crippen LogP contribution >= 0.6 is 0 Å². The van der Waals surface area contributed by atoms with E-state index in [-0.39, 0.29) is 6.54 Å². The molecule has 0 radical (unpaired) electrons. The van der Waals surface area contributed by atoms with E-state index >= 15 is 0 Å². The van der Waals surface area contributed by atoms with Gasteiger partial charge in [0, 0.05) is 13.1 Å².